The van der Waals surface area contributed by atoms with Crippen LogP contribution in [0.25, 0.3) is 0 Å². The molecule has 0 aliphatic carbocycles. The minimum Gasteiger partial charge on any atom is -0.370 e. The predicted molar refractivity (Wildman–Crippen MR) is 80.1 cm³/mol. The number of pyridine rings is 1. The molecule has 1 N–H and O–H groups in total. The van der Waals surface area contributed by atoms with E-state index >= 15 is 0 Å². The normalized spacial score (nSPS) is 10.6. The molecule has 1 heterocycles. The molecule has 0 aliphatic heterocycles. The number of halogens is 1. The highest BCUT2D eigenvalue weighted by atomic mass is 19.1. The fourth-order valence-corrected chi connectivity index (χ4v) is 2.14. The van der Waals surface area contributed by atoms with Gasteiger partial charge in [-0.15, -0.1) is 0 Å². The smallest absolute Gasteiger partial charge is 0.123 e. The molecular formula is C16H20FN3. The Morgan fingerprint density at radius 2 is 1.95 bits per heavy atom. The molecule has 0 atom stereocenters. The van der Waals surface area contributed by atoms with E-state index in [1.54, 1.807) is 6.20 Å². The van der Waals surface area contributed by atoms with Crippen LogP contribution >= 0.6 is 0 Å². The Hall–Kier alpha value is -1.94. The molecule has 4 heteroatoms. The quantitative estimate of drug-likeness (QED) is 0.877. The number of hydrogen-bond acceptors (Lipinski definition) is 3. The second kappa shape index (κ2) is 7.01. The Labute approximate surface area is 119 Å². The van der Waals surface area contributed by atoms with Crippen molar-refractivity contribution < 1.29 is 4.39 Å². The molecule has 1 aromatic heterocycles. The monoisotopic (exact) mass is 273 g/mol. The van der Waals surface area contributed by atoms with Crippen molar-refractivity contribution in [2.45, 2.75) is 20.0 Å². The molecule has 20 heavy (non-hydrogen) atoms. The van der Waals surface area contributed by atoms with Crippen LogP contribution in [0.1, 0.15) is 18.1 Å². The Bertz CT molecular complexity index is 540. The van der Waals surface area contributed by atoms with Crippen LogP contribution in [0, 0.1) is 5.82 Å². The Kier molecular flexibility index (Phi) is 5.07. The first-order valence-electron chi connectivity index (χ1n) is 6.80. The largest absolute Gasteiger partial charge is 0.370 e. The van der Waals surface area contributed by atoms with Crippen molar-refractivity contribution in [3.8, 4) is 0 Å². The second-order valence-electron chi connectivity index (χ2n) is 4.77. The Morgan fingerprint density at radius 3 is 2.65 bits per heavy atom. The standard InChI is InChI=1S/C16H20FN3/c1-3-18-10-14-11-19-9-8-16(14)20(2)12-13-4-6-15(17)7-5-13/h4-9,11,18H,3,10,12H2,1-2H3. The first kappa shape index (κ1) is 14.5. The SMILES string of the molecule is CCNCc1cnccc1N(C)Cc1ccc(F)cc1. The van der Waals surface area contributed by atoms with Crippen LogP contribution in [0.4, 0.5) is 10.1 Å². The molecule has 1 aromatic carbocycles. The van der Waals surface area contributed by atoms with Gasteiger partial charge in [-0.1, -0.05) is 19.1 Å². The molecule has 0 amide bonds. The number of aromatic nitrogens is 1. The third-order valence-electron chi connectivity index (χ3n) is 3.19. The lowest BCUT2D eigenvalue weighted by atomic mass is 10.1. The molecule has 0 unspecified atom stereocenters. The summed E-state index contributed by atoms with van der Waals surface area (Å²) in [5, 5.41) is 3.31. The third-order valence-corrected chi connectivity index (χ3v) is 3.19. The van der Waals surface area contributed by atoms with Crippen LogP contribution < -0.4 is 10.2 Å². The second-order valence-corrected chi connectivity index (χ2v) is 4.77. The summed E-state index contributed by atoms with van der Waals surface area (Å²) < 4.78 is 12.9. The third kappa shape index (κ3) is 3.78. The molecule has 2 aromatic rings. The first-order chi connectivity index (χ1) is 9.70. The van der Waals surface area contributed by atoms with E-state index in [9.17, 15) is 4.39 Å². The Balaban J connectivity index is 2.12. The van der Waals surface area contributed by atoms with Gasteiger partial charge in [0.25, 0.3) is 0 Å². The van der Waals surface area contributed by atoms with Gasteiger partial charge in [0.1, 0.15) is 5.82 Å². The number of anilines is 1. The van der Waals surface area contributed by atoms with E-state index in [2.05, 4.69) is 22.1 Å². The van der Waals surface area contributed by atoms with Gasteiger partial charge in [-0.3, -0.25) is 4.98 Å². The van der Waals surface area contributed by atoms with E-state index in [0.29, 0.717) is 0 Å². The minimum atomic E-state index is -0.201. The summed E-state index contributed by atoms with van der Waals surface area (Å²) in [7, 11) is 2.04. The lowest BCUT2D eigenvalue weighted by Gasteiger charge is -2.22. The number of hydrogen-bond donors (Lipinski definition) is 1. The number of nitrogens with zero attached hydrogens (tertiary/aromatic N) is 2. The van der Waals surface area contributed by atoms with Crippen LogP contribution in [0.3, 0.4) is 0 Å². The van der Waals surface area contributed by atoms with Crippen LogP contribution in [0.15, 0.2) is 42.7 Å². The van der Waals surface area contributed by atoms with Gasteiger partial charge in [-0.05, 0) is 30.3 Å². The maximum absolute atomic E-state index is 12.9. The summed E-state index contributed by atoms with van der Waals surface area (Å²) in [5.41, 5.74) is 3.39. The van der Waals surface area contributed by atoms with Crippen molar-refractivity contribution in [3.63, 3.8) is 0 Å². The Morgan fingerprint density at radius 1 is 1.20 bits per heavy atom. The van der Waals surface area contributed by atoms with Crippen molar-refractivity contribution in [2.24, 2.45) is 0 Å². The maximum Gasteiger partial charge on any atom is 0.123 e. The van der Waals surface area contributed by atoms with E-state index in [0.717, 1.165) is 30.9 Å². The number of rotatable bonds is 6. The molecule has 2 rings (SSSR count). The summed E-state index contributed by atoms with van der Waals surface area (Å²) in [4.78, 5) is 6.34. The van der Waals surface area contributed by atoms with E-state index < -0.39 is 0 Å². The zero-order chi connectivity index (χ0) is 14.4. The fourth-order valence-electron chi connectivity index (χ4n) is 2.14. The van der Waals surface area contributed by atoms with Gasteiger partial charge in [0.05, 0.1) is 0 Å². The average molecular weight is 273 g/mol. The summed E-state index contributed by atoms with van der Waals surface area (Å²) in [6, 6.07) is 8.63. The highest BCUT2D eigenvalue weighted by Gasteiger charge is 2.07. The van der Waals surface area contributed by atoms with Crippen molar-refractivity contribution in [2.75, 3.05) is 18.5 Å². The van der Waals surface area contributed by atoms with E-state index in [1.165, 1.54) is 17.7 Å². The molecule has 0 saturated heterocycles. The maximum atomic E-state index is 12.9. The summed E-state index contributed by atoms with van der Waals surface area (Å²) in [5.74, 6) is -0.201. The zero-order valence-corrected chi connectivity index (χ0v) is 11.9. The van der Waals surface area contributed by atoms with Gasteiger partial charge < -0.3 is 10.2 Å². The molecule has 106 valence electrons. The van der Waals surface area contributed by atoms with E-state index in [4.69, 9.17) is 0 Å². The molecular weight excluding hydrogens is 253 g/mol. The highest BCUT2D eigenvalue weighted by Crippen LogP contribution is 2.20. The summed E-state index contributed by atoms with van der Waals surface area (Å²) >= 11 is 0. The van der Waals surface area contributed by atoms with Gasteiger partial charge in [-0.25, -0.2) is 4.39 Å². The highest BCUT2D eigenvalue weighted by molar-refractivity contribution is 5.52. The lowest BCUT2D eigenvalue weighted by Crippen LogP contribution is -2.20. The molecule has 0 fully saturated rings. The van der Waals surface area contributed by atoms with E-state index in [-0.39, 0.29) is 5.82 Å². The minimum absolute atomic E-state index is 0.201. The van der Waals surface area contributed by atoms with Gasteiger partial charge in [0.15, 0.2) is 0 Å². The molecule has 0 saturated carbocycles. The van der Waals surface area contributed by atoms with Crippen LogP contribution in [0.5, 0.6) is 0 Å². The molecule has 0 radical (unpaired) electrons. The first-order valence-corrected chi connectivity index (χ1v) is 6.80. The zero-order valence-electron chi connectivity index (χ0n) is 11.9. The predicted octanol–water partition coefficient (Wildman–Crippen LogP) is 2.97. The van der Waals surface area contributed by atoms with Crippen molar-refractivity contribution >= 4 is 5.69 Å². The summed E-state index contributed by atoms with van der Waals surface area (Å²) in [6.07, 6.45) is 3.69. The van der Waals surface area contributed by atoms with Crippen LogP contribution in [-0.4, -0.2) is 18.6 Å². The fraction of sp³-hybridized carbons (Fsp3) is 0.312. The topological polar surface area (TPSA) is 28.2 Å². The number of nitrogens with one attached hydrogen (secondary N) is 1. The number of benzene rings is 1. The summed E-state index contributed by atoms with van der Waals surface area (Å²) in [6.45, 7) is 4.55. The van der Waals surface area contributed by atoms with Gasteiger partial charge in [-0.2, -0.15) is 0 Å². The van der Waals surface area contributed by atoms with E-state index in [1.807, 2.05) is 31.4 Å². The van der Waals surface area contributed by atoms with Crippen molar-refractivity contribution in [1.29, 1.82) is 0 Å². The molecule has 0 spiro atoms. The van der Waals surface area contributed by atoms with Gasteiger partial charge in [0, 0.05) is 43.8 Å². The molecule has 0 aliphatic rings. The average Bonchev–Trinajstić information content (AvgIpc) is 2.47. The van der Waals surface area contributed by atoms with Gasteiger partial charge >= 0.3 is 0 Å². The van der Waals surface area contributed by atoms with Gasteiger partial charge in [0.2, 0.25) is 0 Å². The van der Waals surface area contributed by atoms with Crippen molar-refractivity contribution in [1.82, 2.24) is 10.3 Å². The molecule has 0 bridgehead atoms. The van der Waals surface area contributed by atoms with Crippen molar-refractivity contribution in [3.05, 3.63) is 59.7 Å². The van der Waals surface area contributed by atoms with Crippen LogP contribution in [-0.2, 0) is 13.1 Å². The lowest BCUT2D eigenvalue weighted by molar-refractivity contribution is 0.627. The van der Waals surface area contributed by atoms with Crippen LogP contribution in [0.2, 0.25) is 0 Å². The molecule has 3 nitrogen and oxygen atoms in total.